The zero-order valence-corrected chi connectivity index (χ0v) is 19.1. The Balaban J connectivity index is 1.39. The highest BCUT2D eigenvalue weighted by atomic mass is 32.2. The van der Waals surface area contributed by atoms with Crippen molar-refractivity contribution in [3.8, 4) is 22.0 Å². The Morgan fingerprint density at radius 1 is 1.17 bits per heavy atom. The predicted molar refractivity (Wildman–Crippen MR) is 125 cm³/mol. The number of nitrogens with zero attached hydrogens (tertiary/aromatic N) is 4. The molecule has 10 heteroatoms. The number of carbonyl (C=O) groups excluding carboxylic acids is 1. The van der Waals surface area contributed by atoms with Crippen LogP contribution in [0.1, 0.15) is 16.7 Å². The molecule has 0 aliphatic heterocycles. The largest absolute Gasteiger partial charge is 0.335 e. The number of benzene rings is 1. The van der Waals surface area contributed by atoms with Crippen LogP contribution < -0.4 is 11.2 Å². The summed E-state index contributed by atoms with van der Waals surface area (Å²) in [5.41, 5.74) is 5.60. The third-order valence-electron chi connectivity index (χ3n) is 4.61. The standard InChI is InChI=1S/C20H20N6OS3/c1-11-7-13(3)14(8-12(11)2)15-9-29-19(22-15)23-17(27)10-30-20-25-24-18(26(20)21)16-5-4-6-28-16/h4-9H,10,21H2,1-3H3,(H,22,23,27). The highest BCUT2D eigenvalue weighted by molar-refractivity contribution is 7.99. The summed E-state index contributed by atoms with van der Waals surface area (Å²) < 4.78 is 1.41. The van der Waals surface area contributed by atoms with Crippen LogP contribution in [0, 0.1) is 20.8 Å². The normalized spacial score (nSPS) is 11.0. The maximum Gasteiger partial charge on any atom is 0.236 e. The van der Waals surface area contributed by atoms with E-state index in [0.29, 0.717) is 16.1 Å². The molecule has 0 atom stereocenters. The molecule has 0 aliphatic carbocycles. The third kappa shape index (κ3) is 4.25. The molecule has 0 radical (unpaired) electrons. The van der Waals surface area contributed by atoms with Crippen molar-refractivity contribution in [3.05, 3.63) is 51.7 Å². The first-order valence-corrected chi connectivity index (χ1v) is 11.9. The number of aryl methyl sites for hydroxylation is 3. The first kappa shape index (κ1) is 20.6. The number of thiazole rings is 1. The highest BCUT2D eigenvalue weighted by Crippen LogP contribution is 2.30. The summed E-state index contributed by atoms with van der Waals surface area (Å²) in [5.74, 6) is 6.65. The first-order chi connectivity index (χ1) is 14.4. The smallest absolute Gasteiger partial charge is 0.236 e. The lowest BCUT2D eigenvalue weighted by Crippen LogP contribution is -2.16. The van der Waals surface area contributed by atoms with Gasteiger partial charge in [0.05, 0.1) is 16.3 Å². The van der Waals surface area contributed by atoms with Gasteiger partial charge in [-0.05, 0) is 55.0 Å². The molecule has 0 spiro atoms. The van der Waals surface area contributed by atoms with Gasteiger partial charge in [0.25, 0.3) is 0 Å². The first-order valence-electron chi connectivity index (χ1n) is 9.13. The minimum absolute atomic E-state index is 0.164. The molecule has 1 amide bonds. The molecule has 4 rings (SSSR count). The molecule has 154 valence electrons. The Morgan fingerprint density at radius 3 is 2.73 bits per heavy atom. The summed E-state index contributed by atoms with van der Waals surface area (Å²) in [5, 5.41) is 16.0. The molecule has 0 fully saturated rings. The van der Waals surface area contributed by atoms with Crippen LogP contribution in [0.3, 0.4) is 0 Å². The zero-order valence-electron chi connectivity index (χ0n) is 16.7. The lowest BCUT2D eigenvalue weighted by molar-refractivity contribution is -0.113. The number of amides is 1. The second-order valence-electron chi connectivity index (χ2n) is 6.78. The maximum absolute atomic E-state index is 12.4. The predicted octanol–water partition coefficient (Wildman–Crippen LogP) is 4.50. The van der Waals surface area contributed by atoms with Gasteiger partial charge in [0.15, 0.2) is 11.0 Å². The Bertz CT molecular complexity index is 1200. The minimum Gasteiger partial charge on any atom is -0.335 e. The zero-order chi connectivity index (χ0) is 21.3. The number of nitrogens with one attached hydrogen (secondary N) is 1. The number of hydrogen-bond acceptors (Lipinski definition) is 8. The Kier molecular flexibility index (Phi) is 5.89. The third-order valence-corrected chi connectivity index (χ3v) is 7.17. The second-order valence-corrected chi connectivity index (χ2v) is 9.53. The van der Waals surface area contributed by atoms with E-state index >= 15 is 0 Å². The topological polar surface area (TPSA) is 98.7 Å². The number of thiophene rings is 1. The van der Waals surface area contributed by atoms with Crippen molar-refractivity contribution in [1.29, 1.82) is 0 Å². The van der Waals surface area contributed by atoms with Crippen LogP contribution >= 0.6 is 34.4 Å². The van der Waals surface area contributed by atoms with Crippen molar-refractivity contribution in [2.24, 2.45) is 0 Å². The second kappa shape index (κ2) is 8.58. The average molecular weight is 457 g/mol. The molecule has 4 aromatic rings. The molecule has 1 aromatic carbocycles. The van der Waals surface area contributed by atoms with E-state index in [0.717, 1.165) is 16.1 Å². The van der Waals surface area contributed by atoms with Crippen molar-refractivity contribution in [1.82, 2.24) is 19.9 Å². The van der Waals surface area contributed by atoms with Crippen molar-refractivity contribution in [2.75, 3.05) is 16.9 Å². The van der Waals surface area contributed by atoms with Gasteiger partial charge < -0.3 is 11.2 Å². The number of aromatic nitrogens is 4. The van der Waals surface area contributed by atoms with Crippen LogP contribution in [0.5, 0.6) is 0 Å². The van der Waals surface area contributed by atoms with Crippen LogP contribution in [-0.4, -0.2) is 31.5 Å². The van der Waals surface area contributed by atoms with Crippen LogP contribution in [0.2, 0.25) is 0 Å². The van der Waals surface area contributed by atoms with E-state index in [2.05, 4.69) is 53.4 Å². The van der Waals surface area contributed by atoms with Gasteiger partial charge in [0.2, 0.25) is 11.1 Å². The van der Waals surface area contributed by atoms with Crippen LogP contribution in [-0.2, 0) is 4.79 Å². The number of nitrogen functional groups attached to an aromatic ring is 1. The van der Waals surface area contributed by atoms with Gasteiger partial charge in [-0.2, -0.15) is 0 Å². The molecule has 7 nitrogen and oxygen atoms in total. The number of rotatable bonds is 6. The molecule has 0 unspecified atom stereocenters. The van der Waals surface area contributed by atoms with Crippen LogP contribution in [0.4, 0.5) is 5.13 Å². The van der Waals surface area contributed by atoms with E-state index < -0.39 is 0 Å². The van der Waals surface area contributed by atoms with E-state index in [4.69, 9.17) is 5.84 Å². The summed E-state index contributed by atoms with van der Waals surface area (Å²) in [6, 6.07) is 8.15. The molecule has 0 aliphatic rings. The SMILES string of the molecule is Cc1cc(C)c(-c2csc(NC(=O)CSc3nnc(-c4cccs4)n3N)n2)cc1C. The lowest BCUT2D eigenvalue weighted by Gasteiger charge is -2.07. The van der Waals surface area contributed by atoms with Gasteiger partial charge >= 0.3 is 0 Å². The van der Waals surface area contributed by atoms with Gasteiger partial charge in [-0.25, -0.2) is 9.66 Å². The fourth-order valence-corrected chi connectivity index (χ4v) is 5.01. The minimum atomic E-state index is -0.168. The Morgan fingerprint density at radius 2 is 1.97 bits per heavy atom. The van der Waals surface area contributed by atoms with Crippen LogP contribution in [0.15, 0.2) is 40.2 Å². The van der Waals surface area contributed by atoms with Gasteiger partial charge in [-0.1, -0.05) is 23.9 Å². The van der Waals surface area contributed by atoms with Gasteiger partial charge in [0, 0.05) is 10.9 Å². The van der Waals surface area contributed by atoms with E-state index in [-0.39, 0.29) is 11.7 Å². The number of carbonyl (C=O) groups is 1. The van der Waals surface area contributed by atoms with E-state index in [1.54, 1.807) is 0 Å². The number of hydrogen-bond donors (Lipinski definition) is 2. The average Bonchev–Trinajstić information content (AvgIpc) is 3.45. The summed E-state index contributed by atoms with van der Waals surface area (Å²) in [6.07, 6.45) is 0. The molecule has 0 bridgehead atoms. The van der Waals surface area contributed by atoms with E-state index in [1.165, 1.54) is 55.8 Å². The fourth-order valence-electron chi connectivity index (χ4n) is 2.93. The molecule has 3 aromatic heterocycles. The number of nitrogens with two attached hydrogens (primary N) is 1. The molecular weight excluding hydrogens is 436 g/mol. The summed E-state index contributed by atoms with van der Waals surface area (Å²) in [7, 11) is 0. The number of thioether (sulfide) groups is 1. The van der Waals surface area contributed by atoms with Gasteiger partial charge in [0.1, 0.15) is 0 Å². The summed E-state index contributed by atoms with van der Waals surface area (Å²) >= 11 is 4.18. The summed E-state index contributed by atoms with van der Waals surface area (Å²) in [4.78, 5) is 17.9. The van der Waals surface area contributed by atoms with Crippen molar-refractivity contribution < 1.29 is 4.79 Å². The van der Waals surface area contributed by atoms with Crippen molar-refractivity contribution in [2.45, 2.75) is 25.9 Å². The lowest BCUT2D eigenvalue weighted by atomic mass is 9.99. The van der Waals surface area contributed by atoms with Crippen molar-refractivity contribution in [3.63, 3.8) is 0 Å². The van der Waals surface area contributed by atoms with E-state index in [1.807, 2.05) is 22.9 Å². The Hall–Kier alpha value is -2.69. The fraction of sp³-hybridized carbons (Fsp3) is 0.200. The summed E-state index contributed by atoms with van der Waals surface area (Å²) in [6.45, 7) is 6.26. The molecule has 0 saturated carbocycles. The molecular formula is C20H20N6OS3. The van der Waals surface area contributed by atoms with Gasteiger partial charge in [-0.3, -0.25) is 4.79 Å². The molecule has 3 N–H and O–H groups in total. The molecule has 3 heterocycles. The molecule has 0 saturated heterocycles. The molecule has 30 heavy (non-hydrogen) atoms. The Labute approximate surface area is 186 Å². The van der Waals surface area contributed by atoms with Crippen LogP contribution in [0.25, 0.3) is 22.0 Å². The van der Waals surface area contributed by atoms with Gasteiger partial charge in [-0.15, -0.1) is 32.9 Å². The van der Waals surface area contributed by atoms with Crippen molar-refractivity contribution >= 4 is 45.5 Å². The monoisotopic (exact) mass is 456 g/mol. The number of anilines is 1. The highest BCUT2D eigenvalue weighted by Gasteiger charge is 2.15. The van der Waals surface area contributed by atoms with E-state index in [9.17, 15) is 4.79 Å². The quantitative estimate of drug-likeness (QED) is 0.327. The maximum atomic E-state index is 12.4.